The summed E-state index contributed by atoms with van der Waals surface area (Å²) in [5, 5.41) is 9.17. The first-order valence-corrected chi connectivity index (χ1v) is 3.43. The van der Waals surface area contributed by atoms with Gasteiger partial charge < -0.3 is 16.8 Å². The van der Waals surface area contributed by atoms with E-state index in [-0.39, 0.29) is 31.1 Å². The number of hydrogen-bond donors (Lipinski definition) is 1. The van der Waals surface area contributed by atoms with Gasteiger partial charge in [0, 0.05) is 6.61 Å². The summed E-state index contributed by atoms with van der Waals surface area (Å²) in [5.74, 6) is 0. The van der Waals surface area contributed by atoms with Crippen LogP contribution in [-0.4, -0.2) is 23.9 Å². The molecule has 1 aliphatic rings. The molecule has 0 aromatic rings. The van der Waals surface area contributed by atoms with Gasteiger partial charge in [0.25, 0.3) is 0 Å². The van der Waals surface area contributed by atoms with Crippen molar-refractivity contribution in [3.05, 3.63) is 6.92 Å². The monoisotopic (exact) mass is 136 g/mol. The van der Waals surface area contributed by atoms with Crippen molar-refractivity contribution in [3.63, 3.8) is 0 Å². The van der Waals surface area contributed by atoms with E-state index in [0.29, 0.717) is 6.42 Å². The van der Waals surface area contributed by atoms with Crippen molar-refractivity contribution in [3.8, 4) is 0 Å². The summed E-state index contributed by atoms with van der Waals surface area (Å²) in [6, 6.07) is 0. The Bertz CT molecular complexity index is 81.7. The Labute approximate surface area is 74.1 Å². The molecule has 1 fully saturated rings. The summed E-state index contributed by atoms with van der Waals surface area (Å²) < 4.78 is 5.22. The van der Waals surface area contributed by atoms with E-state index in [2.05, 4.69) is 6.92 Å². The molecular weight excluding hydrogens is 123 g/mol. The third-order valence-corrected chi connectivity index (χ3v) is 1.69. The van der Waals surface area contributed by atoms with E-state index in [1.807, 2.05) is 0 Å². The normalized spacial score (nSPS) is 27.6. The van der Waals surface area contributed by atoms with Crippen LogP contribution in [0.5, 0.6) is 0 Å². The largest absolute Gasteiger partial charge is 1.00 e. The molecule has 10 heavy (non-hydrogen) atoms. The second-order valence-electron chi connectivity index (χ2n) is 2.41. The smallest absolute Gasteiger partial charge is 0.393 e. The first-order valence-electron chi connectivity index (χ1n) is 3.43. The molecule has 1 rings (SSSR count). The molecule has 2 unspecified atom stereocenters. The summed E-state index contributed by atoms with van der Waals surface area (Å²) in [4.78, 5) is 0. The van der Waals surface area contributed by atoms with Crippen LogP contribution >= 0.6 is 0 Å². The molecule has 0 spiro atoms. The first kappa shape index (κ1) is 10.5. The third kappa shape index (κ3) is 2.63. The first-order chi connectivity index (χ1) is 4.34. The number of ether oxygens (including phenoxy) is 1. The number of rotatable bonds is 2. The predicted octanol–water partition coefficient (Wildman–Crippen LogP) is -2.25. The molecule has 2 nitrogen and oxygen atoms in total. The van der Waals surface area contributed by atoms with Gasteiger partial charge in [-0.3, -0.25) is 0 Å². The summed E-state index contributed by atoms with van der Waals surface area (Å²) in [5.41, 5.74) is 0. The summed E-state index contributed by atoms with van der Waals surface area (Å²) >= 11 is 0. The van der Waals surface area contributed by atoms with Gasteiger partial charge in [0.1, 0.15) is 0 Å². The minimum atomic E-state index is -0.340. The molecular formula is C7H13LiO2. The van der Waals surface area contributed by atoms with Crippen LogP contribution in [0.3, 0.4) is 0 Å². The number of hydrogen-bond acceptors (Lipinski definition) is 2. The van der Waals surface area contributed by atoms with Gasteiger partial charge in [-0.2, -0.15) is 6.42 Å². The quantitative estimate of drug-likeness (QED) is 0.343. The molecule has 1 N–H and O–H groups in total. The Morgan fingerprint density at radius 3 is 2.80 bits per heavy atom. The van der Waals surface area contributed by atoms with Crippen molar-refractivity contribution < 1.29 is 28.7 Å². The maximum absolute atomic E-state index is 9.17. The van der Waals surface area contributed by atoms with E-state index in [0.717, 1.165) is 19.4 Å². The molecule has 1 heterocycles. The Morgan fingerprint density at radius 2 is 2.40 bits per heavy atom. The van der Waals surface area contributed by atoms with Crippen LogP contribution < -0.4 is 18.9 Å². The van der Waals surface area contributed by atoms with Crippen molar-refractivity contribution in [2.75, 3.05) is 6.61 Å². The van der Waals surface area contributed by atoms with Gasteiger partial charge >= 0.3 is 18.9 Å². The van der Waals surface area contributed by atoms with Gasteiger partial charge in [0.05, 0.1) is 12.2 Å². The molecule has 0 aromatic carbocycles. The van der Waals surface area contributed by atoms with Crippen LogP contribution in [0.1, 0.15) is 19.3 Å². The minimum absolute atomic E-state index is 0. The zero-order valence-electron chi connectivity index (χ0n) is 6.55. The van der Waals surface area contributed by atoms with Crippen molar-refractivity contribution >= 4 is 0 Å². The van der Waals surface area contributed by atoms with Crippen molar-refractivity contribution in [2.45, 2.75) is 31.5 Å². The van der Waals surface area contributed by atoms with Crippen LogP contribution in [0.15, 0.2) is 0 Å². The average molecular weight is 136 g/mol. The maximum Gasteiger partial charge on any atom is 1.00 e. The van der Waals surface area contributed by atoms with E-state index in [1.165, 1.54) is 0 Å². The van der Waals surface area contributed by atoms with E-state index in [4.69, 9.17) is 4.74 Å². The van der Waals surface area contributed by atoms with E-state index in [1.54, 1.807) is 0 Å². The molecule has 0 saturated carbocycles. The second-order valence-corrected chi connectivity index (χ2v) is 2.41. The molecule has 0 aliphatic carbocycles. The Hall–Kier alpha value is 0.517. The molecule has 0 radical (unpaired) electrons. The maximum atomic E-state index is 9.17. The van der Waals surface area contributed by atoms with Crippen LogP contribution in [0.4, 0.5) is 0 Å². The number of aliphatic hydroxyl groups is 1. The fourth-order valence-electron chi connectivity index (χ4n) is 1.09. The van der Waals surface area contributed by atoms with Crippen LogP contribution in [0.2, 0.25) is 0 Å². The molecule has 0 bridgehead atoms. The van der Waals surface area contributed by atoms with Crippen LogP contribution in [-0.2, 0) is 4.74 Å². The van der Waals surface area contributed by atoms with Crippen molar-refractivity contribution in [1.29, 1.82) is 0 Å². The summed E-state index contributed by atoms with van der Waals surface area (Å²) in [7, 11) is 0. The van der Waals surface area contributed by atoms with E-state index < -0.39 is 0 Å². The molecule has 54 valence electrons. The van der Waals surface area contributed by atoms with Gasteiger partial charge in [-0.25, -0.2) is 0 Å². The third-order valence-electron chi connectivity index (χ3n) is 1.69. The standard InChI is InChI=1S/C7H13O2.Li/c1-2-6(8)7-4-3-5-9-7;/h6-8H,1-5H2;/q-1;+1. The molecule has 1 saturated heterocycles. The van der Waals surface area contributed by atoms with E-state index >= 15 is 0 Å². The topological polar surface area (TPSA) is 29.5 Å². The average Bonchev–Trinajstić information content (AvgIpc) is 2.37. The Kier molecular flexibility index (Phi) is 5.47. The van der Waals surface area contributed by atoms with Crippen LogP contribution in [0, 0.1) is 6.92 Å². The molecule has 2 atom stereocenters. The summed E-state index contributed by atoms with van der Waals surface area (Å²) in [6.07, 6.45) is 2.37. The van der Waals surface area contributed by atoms with Crippen molar-refractivity contribution in [2.24, 2.45) is 0 Å². The zero-order valence-corrected chi connectivity index (χ0v) is 6.55. The molecule has 1 aliphatic heterocycles. The van der Waals surface area contributed by atoms with Gasteiger partial charge in [-0.1, -0.05) is 0 Å². The van der Waals surface area contributed by atoms with Crippen molar-refractivity contribution in [1.82, 2.24) is 0 Å². The molecule has 0 aromatic heterocycles. The molecule has 0 amide bonds. The fourth-order valence-corrected chi connectivity index (χ4v) is 1.09. The van der Waals surface area contributed by atoms with Gasteiger partial charge in [0.15, 0.2) is 0 Å². The van der Waals surface area contributed by atoms with Crippen LogP contribution in [0.25, 0.3) is 0 Å². The number of aliphatic hydroxyl groups excluding tert-OH is 1. The fraction of sp³-hybridized carbons (Fsp3) is 0.857. The van der Waals surface area contributed by atoms with Gasteiger partial charge in [-0.15, -0.1) is 0 Å². The predicted molar refractivity (Wildman–Crippen MR) is 35.0 cm³/mol. The zero-order chi connectivity index (χ0) is 6.69. The Balaban J connectivity index is 0.000000810. The van der Waals surface area contributed by atoms with Gasteiger partial charge in [0.2, 0.25) is 0 Å². The Morgan fingerprint density at radius 1 is 1.70 bits per heavy atom. The van der Waals surface area contributed by atoms with E-state index in [9.17, 15) is 5.11 Å². The summed E-state index contributed by atoms with van der Waals surface area (Å²) in [6.45, 7) is 4.41. The second kappa shape index (κ2) is 5.21. The minimum Gasteiger partial charge on any atom is -0.393 e. The van der Waals surface area contributed by atoms with Gasteiger partial charge in [-0.05, 0) is 12.8 Å². The SMILES string of the molecule is [CH2-]CC(O)C1CCCO1.[Li+]. The molecule has 3 heteroatoms.